The first-order valence-corrected chi connectivity index (χ1v) is 8.51. The highest BCUT2D eigenvalue weighted by atomic mass is 32.2. The number of carbonyl (C=O) groups excluding carboxylic acids is 3. The second-order valence-corrected chi connectivity index (χ2v) is 6.27. The molecule has 2 amide bonds. The average molecular weight is 332 g/mol. The van der Waals surface area contributed by atoms with Gasteiger partial charge >= 0.3 is 0 Å². The van der Waals surface area contributed by atoms with Gasteiger partial charge in [0.05, 0.1) is 5.75 Å². The maximum atomic E-state index is 11.8. The molecule has 2 N–H and O–H groups in total. The van der Waals surface area contributed by atoms with E-state index in [1.54, 1.807) is 24.3 Å². The van der Waals surface area contributed by atoms with Crippen LogP contribution >= 0.6 is 11.8 Å². The van der Waals surface area contributed by atoms with Gasteiger partial charge < -0.3 is 10.6 Å². The number of rotatable bonds is 9. The number of hydrogen-bond acceptors (Lipinski definition) is 4. The van der Waals surface area contributed by atoms with Crippen LogP contribution in [0, 0.1) is 0 Å². The molecule has 0 aliphatic rings. The van der Waals surface area contributed by atoms with Crippen LogP contribution in [0.15, 0.2) is 24.3 Å². The number of nitrogens with one attached hydrogen (secondary N) is 2. The molecule has 1 aromatic carbocycles. The molecule has 1 rings (SSSR count). The standard InChI is InChI=1S/C16H21BN2O3S/c1-12(20)23-11-16(22)18-9-4-2-3-8-15(21)19-14-7-5-6-13(17)10-14/h5-7,10H,2-4,8-9,11H2,1H3,(H,18,22)(H,19,21). The lowest BCUT2D eigenvalue weighted by atomic mass is 9.96. The molecule has 7 heteroatoms. The summed E-state index contributed by atoms with van der Waals surface area (Å²) in [4.78, 5) is 33.8. The summed E-state index contributed by atoms with van der Waals surface area (Å²) >= 11 is 1.00. The number of hydrogen-bond donors (Lipinski definition) is 2. The van der Waals surface area contributed by atoms with Crippen LogP contribution in [0.5, 0.6) is 0 Å². The minimum atomic E-state index is -0.135. The highest BCUT2D eigenvalue weighted by molar-refractivity contribution is 8.14. The maximum Gasteiger partial charge on any atom is 0.230 e. The molecule has 122 valence electrons. The van der Waals surface area contributed by atoms with E-state index in [1.807, 2.05) is 0 Å². The Labute approximate surface area is 142 Å². The van der Waals surface area contributed by atoms with E-state index in [1.165, 1.54) is 6.92 Å². The molecule has 0 bridgehead atoms. The zero-order valence-corrected chi connectivity index (χ0v) is 14.1. The van der Waals surface area contributed by atoms with Crippen molar-refractivity contribution in [2.45, 2.75) is 32.6 Å². The molecule has 0 aliphatic carbocycles. The zero-order chi connectivity index (χ0) is 17.1. The molecule has 2 radical (unpaired) electrons. The third-order valence-electron chi connectivity index (χ3n) is 2.98. The van der Waals surface area contributed by atoms with Crippen molar-refractivity contribution in [2.75, 3.05) is 17.6 Å². The molecule has 1 aromatic rings. The van der Waals surface area contributed by atoms with E-state index in [-0.39, 0.29) is 22.7 Å². The van der Waals surface area contributed by atoms with Crippen molar-refractivity contribution in [3.63, 3.8) is 0 Å². The van der Waals surface area contributed by atoms with Crippen molar-refractivity contribution >= 4 is 47.7 Å². The predicted octanol–water partition coefficient (Wildman–Crippen LogP) is 1.38. The first-order valence-electron chi connectivity index (χ1n) is 7.53. The minimum absolute atomic E-state index is 0.0440. The first-order chi connectivity index (χ1) is 11.0. The summed E-state index contributed by atoms with van der Waals surface area (Å²) in [6.45, 7) is 2.00. The van der Waals surface area contributed by atoms with E-state index in [9.17, 15) is 14.4 Å². The molecular weight excluding hydrogens is 311 g/mol. The van der Waals surface area contributed by atoms with Crippen LogP contribution in [0.3, 0.4) is 0 Å². The number of thioether (sulfide) groups is 1. The topological polar surface area (TPSA) is 75.3 Å². The van der Waals surface area contributed by atoms with Crippen molar-refractivity contribution in [1.82, 2.24) is 5.32 Å². The SMILES string of the molecule is [B]c1cccc(NC(=O)CCCCCNC(=O)CSC(C)=O)c1. The van der Waals surface area contributed by atoms with Gasteiger partial charge in [0.25, 0.3) is 0 Å². The van der Waals surface area contributed by atoms with Crippen molar-refractivity contribution in [3.8, 4) is 0 Å². The fourth-order valence-electron chi connectivity index (χ4n) is 1.87. The van der Waals surface area contributed by atoms with Gasteiger partial charge in [-0.1, -0.05) is 35.8 Å². The molecule has 0 saturated carbocycles. The normalized spacial score (nSPS) is 10.1. The summed E-state index contributed by atoms with van der Waals surface area (Å²) in [6.07, 6.45) is 2.85. The van der Waals surface area contributed by atoms with Gasteiger partial charge in [-0.15, -0.1) is 0 Å². The van der Waals surface area contributed by atoms with Gasteiger partial charge in [0.2, 0.25) is 11.8 Å². The Kier molecular flexibility index (Phi) is 9.13. The lowest BCUT2D eigenvalue weighted by Crippen LogP contribution is -2.26. The second-order valence-electron chi connectivity index (χ2n) is 5.11. The van der Waals surface area contributed by atoms with Gasteiger partial charge in [0.1, 0.15) is 7.85 Å². The van der Waals surface area contributed by atoms with Crippen LogP contribution in [-0.4, -0.2) is 37.1 Å². The molecule has 0 aromatic heterocycles. The molecule has 0 unspecified atom stereocenters. The van der Waals surface area contributed by atoms with Crippen LogP contribution < -0.4 is 16.1 Å². The summed E-state index contributed by atoms with van der Waals surface area (Å²) in [6, 6.07) is 7.06. The highest BCUT2D eigenvalue weighted by Crippen LogP contribution is 2.06. The van der Waals surface area contributed by atoms with Crippen LogP contribution in [0.25, 0.3) is 0 Å². The Morgan fingerprint density at radius 2 is 1.91 bits per heavy atom. The van der Waals surface area contributed by atoms with E-state index in [4.69, 9.17) is 7.85 Å². The van der Waals surface area contributed by atoms with E-state index >= 15 is 0 Å². The van der Waals surface area contributed by atoms with Gasteiger partial charge in [-0.25, -0.2) is 0 Å². The summed E-state index contributed by atoms with van der Waals surface area (Å²) < 4.78 is 0. The molecule has 0 saturated heterocycles. The number of benzene rings is 1. The number of anilines is 1. The predicted molar refractivity (Wildman–Crippen MR) is 95.1 cm³/mol. The zero-order valence-electron chi connectivity index (χ0n) is 13.3. The molecule has 5 nitrogen and oxygen atoms in total. The maximum absolute atomic E-state index is 11.8. The number of unbranched alkanes of at least 4 members (excludes halogenated alkanes) is 2. The number of amides is 2. The molecule has 23 heavy (non-hydrogen) atoms. The average Bonchev–Trinajstić information content (AvgIpc) is 2.48. The molecule has 0 fully saturated rings. The van der Waals surface area contributed by atoms with Gasteiger partial charge in [0, 0.05) is 25.6 Å². The summed E-state index contributed by atoms with van der Waals surface area (Å²) in [5.41, 5.74) is 1.31. The second kappa shape index (κ2) is 10.9. The van der Waals surface area contributed by atoms with Crippen molar-refractivity contribution in [2.24, 2.45) is 0 Å². The Morgan fingerprint density at radius 1 is 1.13 bits per heavy atom. The highest BCUT2D eigenvalue weighted by Gasteiger charge is 2.04. The summed E-state index contributed by atoms with van der Waals surface area (Å²) in [7, 11) is 5.65. The Hall–Kier alpha value is -1.76. The summed E-state index contributed by atoms with van der Waals surface area (Å²) in [5, 5.41) is 5.48. The lowest BCUT2D eigenvalue weighted by Gasteiger charge is -2.06. The Balaban J connectivity index is 2.05. The third-order valence-corrected chi connectivity index (χ3v) is 3.79. The van der Waals surface area contributed by atoms with Gasteiger partial charge in [-0.2, -0.15) is 0 Å². The Morgan fingerprint density at radius 3 is 2.61 bits per heavy atom. The van der Waals surface area contributed by atoms with Crippen LogP contribution in [0.1, 0.15) is 32.6 Å². The Bertz CT molecular complexity index is 552. The largest absolute Gasteiger partial charge is 0.355 e. The lowest BCUT2D eigenvalue weighted by molar-refractivity contribution is -0.119. The molecular formula is C16H21BN2O3S. The summed E-state index contributed by atoms with van der Waals surface area (Å²) in [5.74, 6) is -0.0140. The van der Waals surface area contributed by atoms with Crippen LogP contribution in [0.2, 0.25) is 0 Å². The van der Waals surface area contributed by atoms with Crippen molar-refractivity contribution < 1.29 is 14.4 Å². The molecule has 0 spiro atoms. The molecule has 0 aliphatic heterocycles. The van der Waals surface area contributed by atoms with Gasteiger partial charge in [-0.3, -0.25) is 14.4 Å². The van der Waals surface area contributed by atoms with Gasteiger partial charge in [-0.05, 0) is 25.0 Å². The van der Waals surface area contributed by atoms with E-state index in [0.717, 1.165) is 31.0 Å². The van der Waals surface area contributed by atoms with Gasteiger partial charge in [0.15, 0.2) is 5.12 Å². The number of carbonyl (C=O) groups is 3. The third kappa shape index (κ3) is 9.78. The van der Waals surface area contributed by atoms with E-state index in [0.29, 0.717) is 24.1 Å². The minimum Gasteiger partial charge on any atom is -0.355 e. The van der Waals surface area contributed by atoms with Crippen LogP contribution in [-0.2, 0) is 14.4 Å². The fraction of sp³-hybridized carbons (Fsp3) is 0.438. The quantitative estimate of drug-likeness (QED) is 0.529. The van der Waals surface area contributed by atoms with E-state index < -0.39 is 0 Å². The smallest absolute Gasteiger partial charge is 0.230 e. The van der Waals surface area contributed by atoms with Crippen LogP contribution in [0.4, 0.5) is 5.69 Å². The van der Waals surface area contributed by atoms with Crippen molar-refractivity contribution in [3.05, 3.63) is 24.3 Å². The van der Waals surface area contributed by atoms with Crippen molar-refractivity contribution in [1.29, 1.82) is 0 Å². The fourth-order valence-corrected chi connectivity index (χ4v) is 2.31. The monoisotopic (exact) mass is 332 g/mol. The molecule has 0 atom stereocenters. The van der Waals surface area contributed by atoms with E-state index in [2.05, 4.69) is 10.6 Å². The first kappa shape index (κ1) is 19.3. The molecule has 0 heterocycles.